The van der Waals surface area contributed by atoms with Gasteiger partial charge >= 0.3 is 0 Å². The van der Waals surface area contributed by atoms with Crippen LogP contribution in [-0.2, 0) is 0 Å². The van der Waals surface area contributed by atoms with Gasteiger partial charge in [-0.05, 0) is 44.4 Å². The lowest BCUT2D eigenvalue weighted by Gasteiger charge is -2.14. The second-order valence-corrected chi connectivity index (χ2v) is 4.87. The minimum atomic E-state index is 0.516. The summed E-state index contributed by atoms with van der Waals surface area (Å²) in [6.07, 6.45) is 2.24. The predicted molar refractivity (Wildman–Crippen MR) is 73.8 cm³/mol. The van der Waals surface area contributed by atoms with Crippen molar-refractivity contribution in [2.24, 2.45) is 0 Å². The third kappa shape index (κ3) is 4.78. The van der Waals surface area contributed by atoms with E-state index in [-0.39, 0.29) is 0 Å². The third-order valence-electron chi connectivity index (χ3n) is 3.07. The Kier molecular flexibility index (Phi) is 6.06. The summed E-state index contributed by atoms with van der Waals surface area (Å²) in [5, 5.41) is 3.24. The minimum absolute atomic E-state index is 0.516. The lowest BCUT2D eigenvalue weighted by atomic mass is 10.0. The molecule has 0 bridgehead atoms. The van der Waals surface area contributed by atoms with Gasteiger partial charge in [-0.2, -0.15) is 0 Å². The normalized spacial score (nSPS) is 12.8. The van der Waals surface area contributed by atoms with Crippen LogP contribution in [0.1, 0.15) is 45.1 Å². The van der Waals surface area contributed by atoms with Crippen molar-refractivity contribution in [2.75, 3.05) is 13.7 Å². The van der Waals surface area contributed by atoms with Gasteiger partial charge in [-0.15, -0.1) is 0 Å². The molecule has 0 aliphatic rings. The maximum atomic E-state index is 5.87. The Bertz CT molecular complexity index is 322. The van der Waals surface area contributed by atoms with Gasteiger partial charge in [-0.1, -0.05) is 32.0 Å². The van der Waals surface area contributed by atoms with Crippen molar-refractivity contribution in [1.82, 2.24) is 5.32 Å². The van der Waals surface area contributed by atoms with Gasteiger partial charge in [0, 0.05) is 6.04 Å². The summed E-state index contributed by atoms with van der Waals surface area (Å²) in [4.78, 5) is 0. The predicted octanol–water partition coefficient (Wildman–Crippen LogP) is 3.58. The molecule has 1 rings (SSSR count). The van der Waals surface area contributed by atoms with E-state index in [1.165, 1.54) is 5.56 Å². The highest BCUT2D eigenvalue weighted by atomic mass is 16.5. The van der Waals surface area contributed by atoms with Crippen LogP contribution in [0.3, 0.4) is 0 Å². The van der Waals surface area contributed by atoms with E-state index in [1.807, 2.05) is 13.1 Å². The number of benzene rings is 1. The Hall–Kier alpha value is -1.02. The van der Waals surface area contributed by atoms with Crippen LogP contribution in [0.5, 0.6) is 5.75 Å². The van der Waals surface area contributed by atoms with Crippen molar-refractivity contribution in [2.45, 2.75) is 45.6 Å². The van der Waals surface area contributed by atoms with Gasteiger partial charge in [0.2, 0.25) is 0 Å². The zero-order chi connectivity index (χ0) is 12.7. The molecule has 0 heterocycles. The van der Waals surface area contributed by atoms with Gasteiger partial charge in [-0.3, -0.25) is 0 Å². The van der Waals surface area contributed by atoms with Crippen molar-refractivity contribution in [1.29, 1.82) is 0 Å². The highest BCUT2D eigenvalue weighted by molar-refractivity contribution is 5.35. The largest absolute Gasteiger partial charge is 0.493 e. The molecule has 0 amide bonds. The van der Waals surface area contributed by atoms with E-state index < -0.39 is 0 Å². The SMILES string of the molecule is CNC(C)CCCOc1ccccc1C(C)C. The average Bonchev–Trinajstić information content (AvgIpc) is 2.34. The monoisotopic (exact) mass is 235 g/mol. The maximum Gasteiger partial charge on any atom is 0.122 e. The quantitative estimate of drug-likeness (QED) is 0.729. The van der Waals surface area contributed by atoms with E-state index in [0.717, 1.165) is 25.2 Å². The number of hydrogen-bond acceptors (Lipinski definition) is 2. The summed E-state index contributed by atoms with van der Waals surface area (Å²) in [5.74, 6) is 1.56. The summed E-state index contributed by atoms with van der Waals surface area (Å²) < 4.78 is 5.87. The average molecular weight is 235 g/mol. The van der Waals surface area contributed by atoms with Gasteiger partial charge in [0.25, 0.3) is 0 Å². The highest BCUT2D eigenvalue weighted by Gasteiger charge is 2.06. The van der Waals surface area contributed by atoms with Crippen LogP contribution in [0, 0.1) is 0 Å². The van der Waals surface area contributed by atoms with Crippen LogP contribution < -0.4 is 10.1 Å². The molecule has 0 aliphatic carbocycles. The first-order valence-electron chi connectivity index (χ1n) is 6.54. The van der Waals surface area contributed by atoms with E-state index in [4.69, 9.17) is 4.74 Å². The first kappa shape index (κ1) is 14.0. The first-order chi connectivity index (χ1) is 8.15. The molecule has 1 aromatic carbocycles. The number of hydrogen-bond donors (Lipinski definition) is 1. The molecule has 96 valence electrons. The molecule has 1 N–H and O–H groups in total. The van der Waals surface area contributed by atoms with Crippen LogP contribution in [0.2, 0.25) is 0 Å². The number of rotatable bonds is 7. The Morgan fingerprint density at radius 3 is 2.53 bits per heavy atom. The topological polar surface area (TPSA) is 21.3 Å². The van der Waals surface area contributed by atoms with Gasteiger partial charge in [0.15, 0.2) is 0 Å². The summed E-state index contributed by atoms with van der Waals surface area (Å²) in [6, 6.07) is 8.90. The summed E-state index contributed by atoms with van der Waals surface area (Å²) in [5.41, 5.74) is 1.30. The van der Waals surface area contributed by atoms with Crippen LogP contribution >= 0.6 is 0 Å². The minimum Gasteiger partial charge on any atom is -0.493 e. The number of ether oxygens (including phenoxy) is 1. The smallest absolute Gasteiger partial charge is 0.122 e. The molecular formula is C15H25NO. The van der Waals surface area contributed by atoms with E-state index >= 15 is 0 Å². The molecule has 0 spiro atoms. The zero-order valence-corrected chi connectivity index (χ0v) is 11.5. The first-order valence-corrected chi connectivity index (χ1v) is 6.54. The van der Waals surface area contributed by atoms with Crippen LogP contribution in [0.15, 0.2) is 24.3 Å². The van der Waals surface area contributed by atoms with Gasteiger partial charge < -0.3 is 10.1 Å². The molecule has 1 aromatic rings. The van der Waals surface area contributed by atoms with Crippen molar-refractivity contribution in [3.63, 3.8) is 0 Å². The number of para-hydroxylation sites is 1. The molecule has 0 radical (unpaired) electrons. The Labute approximate surface area is 105 Å². The lowest BCUT2D eigenvalue weighted by molar-refractivity contribution is 0.296. The molecule has 0 aliphatic heterocycles. The summed E-state index contributed by atoms with van der Waals surface area (Å²) >= 11 is 0. The van der Waals surface area contributed by atoms with Crippen molar-refractivity contribution in [3.8, 4) is 5.75 Å². The van der Waals surface area contributed by atoms with Gasteiger partial charge in [0.1, 0.15) is 5.75 Å². The van der Waals surface area contributed by atoms with Gasteiger partial charge in [-0.25, -0.2) is 0 Å². The molecule has 1 atom stereocenters. The molecule has 0 saturated carbocycles. The Morgan fingerprint density at radius 2 is 1.88 bits per heavy atom. The maximum absolute atomic E-state index is 5.87. The summed E-state index contributed by atoms with van der Waals surface area (Å²) in [6.45, 7) is 7.40. The van der Waals surface area contributed by atoms with Crippen molar-refractivity contribution in [3.05, 3.63) is 29.8 Å². The fourth-order valence-corrected chi connectivity index (χ4v) is 1.80. The molecule has 0 saturated heterocycles. The van der Waals surface area contributed by atoms with Crippen LogP contribution in [0.4, 0.5) is 0 Å². The fraction of sp³-hybridized carbons (Fsp3) is 0.600. The van der Waals surface area contributed by atoms with Crippen molar-refractivity contribution >= 4 is 0 Å². The van der Waals surface area contributed by atoms with E-state index in [0.29, 0.717) is 12.0 Å². The van der Waals surface area contributed by atoms with E-state index in [9.17, 15) is 0 Å². The number of nitrogens with one attached hydrogen (secondary N) is 1. The summed E-state index contributed by atoms with van der Waals surface area (Å²) in [7, 11) is 2.00. The molecule has 2 heteroatoms. The zero-order valence-electron chi connectivity index (χ0n) is 11.5. The van der Waals surface area contributed by atoms with E-state index in [1.54, 1.807) is 0 Å². The van der Waals surface area contributed by atoms with E-state index in [2.05, 4.69) is 44.3 Å². The lowest BCUT2D eigenvalue weighted by Crippen LogP contribution is -2.21. The molecule has 1 unspecified atom stereocenters. The standard InChI is InChI=1S/C15H25NO/c1-12(2)14-9-5-6-10-15(14)17-11-7-8-13(3)16-4/h5-6,9-10,12-13,16H,7-8,11H2,1-4H3. The van der Waals surface area contributed by atoms with Crippen LogP contribution in [0.25, 0.3) is 0 Å². The molecule has 2 nitrogen and oxygen atoms in total. The second-order valence-electron chi connectivity index (χ2n) is 4.87. The van der Waals surface area contributed by atoms with Gasteiger partial charge in [0.05, 0.1) is 6.61 Å². The Balaban J connectivity index is 2.41. The fourth-order valence-electron chi connectivity index (χ4n) is 1.80. The second kappa shape index (κ2) is 7.33. The van der Waals surface area contributed by atoms with Crippen LogP contribution in [-0.4, -0.2) is 19.7 Å². The molecular weight excluding hydrogens is 210 g/mol. The molecule has 0 aromatic heterocycles. The van der Waals surface area contributed by atoms with Crippen molar-refractivity contribution < 1.29 is 4.74 Å². The molecule has 17 heavy (non-hydrogen) atoms. The molecule has 0 fully saturated rings. The Morgan fingerprint density at radius 1 is 1.18 bits per heavy atom. The third-order valence-corrected chi connectivity index (χ3v) is 3.07. The highest BCUT2D eigenvalue weighted by Crippen LogP contribution is 2.25.